The Labute approximate surface area is 98.8 Å². The van der Waals surface area contributed by atoms with Crippen LogP contribution < -0.4 is 0 Å². The van der Waals surface area contributed by atoms with Crippen molar-refractivity contribution in [2.24, 2.45) is 0 Å². The third kappa shape index (κ3) is 2.63. The largest absolute Gasteiger partial charge is 0.301 e. The summed E-state index contributed by atoms with van der Waals surface area (Å²) in [5.41, 5.74) is 0.884. The number of halogens is 3. The van der Waals surface area contributed by atoms with Crippen LogP contribution in [-0.2, 0) is 0 Å². The first-order valence-corrected chi connectivity index (χ1v) is 5.79. The van der Waals surface area contributed by atoms with Crippen LogP contribution in [0.1, 0.15) is 17.4 Å². The smallest absolute Gasteiger partial charge is 0.141 e. The van der Waals surface area contributed by atoms with Crippen LogP contribution in [0, 0.1) is 5.82 Å². The predicted molar refractivity (Wildman–Crippen MR) is 61.1 cm³/mol. The highest BCUT2D eigenvalue weighted by Crippen LogP contribution is 2.27. The van der Waals surface area contributed by atoms with Gasteiger partial charge >= 0.3 is 0 Å². The molecule has 15 heavy (non-hydrogen) atoms. The van der Waals surface area contributed by atoms with E-state index in [1.165, 1.54) is 12.5 Å². The molecule has 0 spiro atoms. The van der Waals surface area contributed by atoms with E-state index in [9.17, 15) is 4.39 Å². The zero-order valence-corrected chi connectivity index (χ0v) is 9.73. The fraction of sp³-hybridized carbons (Fsp3) is 0.455. The standard InChI is InChI=1S/C11H12Cl2FN/c12-9-6-8(2-3-11(9)14)10(13)7-15-4-1-5-15/h2-3,6,10H,1,4-5,7H2. The molecule has 1 aromatic rings. The lowest BCUT2D eigenvalue weighted by Gasteiger charge is -2.32. The van der Waals surface area contributed by atoms with E-state index in [1.807, 2.05) is 0 Å². The summed E-state index contributed by atoms with van der Waals surface area (Å²) >= 11 is 11.9. The van der Waals surface area contributed by atoms with Crippen molar-refractivity contribution < 1.29 is 4.39 Å². The van der Waals surface area contributed by atoms with E-state index in [2.05, 4.69) is 4.90 Å². The zero-order valence-electron chi connectivity index (χ0n) is 8.22. The van der Waals surface area contributed by atoms with Crippen LogP contribution >= 0.6 is 23.2 Å². The van der Waals surface area contributed by atoms with Gasteiger partial charge in [-0.05, 0) is 37.2 Å². The molecule has 0 bridgehead atoms. The highest BCUT2D eigenvalue weighted by Gasteiger charge is 2.19. The van der Waals surface area contributed by atoms with Crippen molar-refractivity contribution in [2.75, 3.05) is 19.6 Å². The summed E-state index contributed by atoms with van der Waals surface area (Å²) < 4.78 is 12.9. The fourth-order valence-corrected chi connectivity index (χ4v) is 2.12. The fourth-order valence-electron chi connectivity index (χ4n) is 1.60. The van der Waals surface area contributed by atoms with Crippen LogP contribution in [0.15, 0.2) is 18.2 Å². The first-order valence-electron chi connectivity index (χ1n) is 4.98. The molecule has 0 N–H and O–H groups in total. The minimum absolute atomic E-state index is 0.108. The van der Waals surface area contributed by atoms with Crippen molar-refractivity contribution >= 4 is 23.2 Å². The van der Waals surface area contributed by atoms with Crippen molar-refractivity contribution in [1.82, 2.24) is 4.90 Å². The van der Waals surface area contributed by atoms with Crippen LogP contribution in [0.2, 0.25) is 5.02 Å². The molecule has 0 radical (unpaired) electrons. The van der Waals surface area contributed by atoms with Gasteiger partial charge in [0.25, 0.3) is 0 Å². The van der Waals surface area contributed by atoms with Gasteiger partial charge in [0.15, 0.2) is 0 Å². The summed E-state index contributed by atoms with van der Waals surface area (Å²) in [5, 5.41) is 0.0326. The lowest BCUT2D eigenvalue weighted by Crippen LogP contribution is -2.39. The Morgan fingerprint density at radius 3 is 2.67 bits per heavy atom. The van der Waals surface area contributed by atoms with E-state index in [-0.39, 0.29) is 10.4 Å². The van der Waals surface area contributed by atoms with Gasteiger partial charge in [0.05, 0.1) is 10.4 Å². The maximum atomic E-state index is 12.9. The summed E-state index contributed by atoms with van der Waals surface area (Å²) in [6.07, 6.45) is 1.24. The van der Waals surface area contributed by atoms with Crippen molar-refractivity contribution in [3.63, 3.8) is 0 Å². The van der Waals surface area contributed by atoms with Crippen molar-refractivity contribution in [3.8, 4) is 0 Å². The van der Waals surface area contributed by atoms with E-state index in [4.69, 9.17) is 23.2 Å². The third-order valence-corrected chi connectivity index (χ3v) is 3.35. The van der Waals surface area contributed by atoms with Crippen LogP contribution in [0.4, 0.5) is 4.39 Å². The van der Waals surface area contributed by atoms with Crippen LogP contribution in [-0.4, -0.2) is 24.5 Å². The third-order valence-electron chi connectivity index (χ3n) is 2.67. The average molecular weight is 248 g/mol. The lowest BCUT2D eigenvalue weighted by molar-refractivity contribution is 0.181. The van der Waals surface area contributed by atoms with Crippen LogP contribution in [0.3, 0.4) is 0 Å². The molecular formula is C11H12Cl2FN. The van der Waals surface area contributed by atoms with Gasteiger partial charge in [-0.3, -0.25) is 0 Å². The van der Waals surface area contributed by atoms with Crippen LogP contribution in [0.5, 0.6) is 0 Å². The van der Waals surface area contributed by atoms with Gasteiger partial charge in [-0.2, -0.15) is 0 Å². The Morgan fingerprint density at radius 1 is 1.40 bits per heavy atom. The molecule has 1 unspecified atom stereocenters. The first kappa shape index (κ1) is 11.2. The Kier molecular flexibility index (Phi) is 3.49. The Balaban J connectivity index is 2.03. The molecule has 0 aliphatic carbocycles. The molecule has 1 aromatic carbocycles. The molecule has 0 saturated carbocycles. The minimum Gasteiger partial charge on any atom is -0.301 e. The predicted octanol–water partition coefficient (Wildman–Crippen LogP) is 3.46. The molecule has 0 aromatic heterocycles. The molecule has 0 amide bonds. The first-order chi connectivity index (χ1) is 7.16. The summed E-state index contributed by atoms with van der Waals surface area (Å²) in [5.74, 6) is -0.395. The maximum absolute atomic E-state index is 12.9. The molecule has 1 saturated heterocycles. The second-order valence-electron chi connectivity index (χ2n) is 3.80. The highest BCUT2D eigenvalue weighted by atomic mass is 35.5. The van der Waals surface area contributed by atoms with Gasteiger partial charge in [-0.25, -0.2) is 4.39 Å². The number of nitrogens with zero attached hydrogens (tertiary/aromatic N) is 1. The molecule has 82 valence electrons. The van der Waals surface area contributed by atoms with Gasteiger partial charge < -0.3 is 4.90 Å². The normalized spacial score (nSPS) is 18.6. The molecule has 4 heteroatoms. The molecule has 1 heterocycles. The number of rotatable bonds is 3. The van der Waals surface area contributed by atoms with Crippen molar-refractivity contribution in [1.29, 1.82) is 0 Å². The summed E-state index contributed by atoms with van der Waals surface area (Å²) in [6.45, 7) is 3.03. The topological polar surface area (TPSA) is 3.24 Å². The summed E-state index contributed by atoms with van der Waals surface area (Å²) in [7, 11) is 0. The summed E-state index contributed by atoms with van der Waals surface area (Å²) in [4.78, 5) is 2.27. The molecule has 1 aliphatic heterocycles. The van der Waals surface area contributed by atoms with Gasteiger partial charge in [0, 0.05) is 6.54 Å². The second-order valence-corrected chi connectivity index (χ2v) is 4.73. The second kappa shape index (κ2) is 4.69. The van der Waals surface area contributed by atoms with Crippen molar-refractivity contribution in [2.45, 2.75) is 11.8 Å². The molecule has 1 nitrogen and oxygen atoms in total. The SMILES string of the molecule is Fc1ccc(C(Cl)CN2CCC2)cc1Cl. The number of benzene rings is 1. The van der Waals surface area contributed by atoms with E-state index in [0.29, 0.717) is 0 Å². The minimum atomic E-state index is -0.395. The lowest BCUT2D eigenvalue weighted by atomic mass is 10.1. The number of likely N-dealkylation sites (tertiary alicyclic amines) is 1. The highest BCUT2D eigenvalue weighted by molar-refractivity contribution is 6.31. The molecule has 1 atom stereocenters. The Hall–Kier alpha value is -0.310. The maximum Gasteiger partial charge on any atom is 0.141 e. The molecule has 1 fully saturated rings. The van der Waals surface area contributed by atoms with E-state index >= 15 is 0 Å². The van der Waals surface area contributed by atoms with Gasteiger partial charge in [0.1, 0.15) is 5.82 Å². The van der Waals surface area contributed by atoms with Crippen LogP contribution in [0.25, 0.3) is 0 Å². The van der Waals surface area contributed by atoms with E-state index in [0.717, 1.165) is 25.2 Å². The zero-order chi connectivity index (χ0) is 10.8. The quantitative estimate of drug-likeness (QED) is 0.740. The molecular weight excluding hydrogens is 236 g/mol. The molecule has 1 aliphatic rings. The van der Waals surface area contributed by atoms with Gasteiger partial charge in [-0.1, -0.05) is 17.7 Å². The van der Waals surface area contributed by atoms with Gasteiger partial charge in [0.2, 0.25) is 0 Å². The molecule has 2 rings (SSSR count). The van der Waals surface area contributed by atoms with E-state index < -0.39 is 5.82 Å². The van der Waals surface area contributed by atoms with E-state index in [1.54, 1.807) is 12.1 Å². The van der Waals surface area contributed by atoms with Gasteiger partial charge in [-0.15, -0.1) is 11.6 Å². The number of hydrogen-bond donors (Lipinski definition) is 0. The monoisotopic (exact) mass is 247 g/mol. The van der Waals surface area contributed by atoms with Crippen molar-refractivity contribution in [3.05, 3.63) is 34.6 Å². The summed E-state index contributed by atoms with van der Waals surface area (Å²) in [6, 6.07) is 4.66. The Morgan fingerprint density at radius 2 is 2.13 bits per heavy atom. The number of hydrogen-bond acceptors (Lipinski definition) is 1. The number of alkyl halides is 1. The Bertz CT molecular complexity index is 352. The average Bonchev–Trinajstić information content (AvgIpc) is 2.15.